The number of hydrogen-bond donors (Lipinski definition) is 1. The highest BCUT2D eigenvalue weighted by molar-refractivity contribution is 14.0. The quantitative estimate of drug-likeness (QED) is 0.275. The van der Waals surface area contributed by atoms with Crippen molar-refractivity contribution in [2.45, 2.75) is 45.4 Å². The van der Waals surface area contributed by atoms with Crippen molar-refractivity contribution >= 4 is 41.7 Å². The van der Waals surface area contributed by atoms with E-state index in [-0.39, 0.29) is 29.5 Å². The number of unbranched alkanes of at least 4 members (excludes halogenated alkanes) is 1. The average Bonchev–Trinajstić information content (AvgIpc) is 2.62. The molecule has 1 atom stereocenters. The van der Waals surface area contributed by atoms with Gasteiger partial charge in [-0.2, -0.15) is 11.8 Å². The van der Waals surface area contributed by atoms with Gasteiger partial charge in [-0.15, -0.1) is 24.0 Å². The topological polar surface area (TPSA) is 49.6 Å². The molecule has 0 amide bonds. The largest absolute Gasteiger partial charge is 0.357 e. The van der Waals surface area contributed by atoms with Crippen molar-refractivity contribution in [1.29, 1.82) is 0 Å². The number of nitrogens with zero attached hydrogens (tertiary/aromatic N) is 3. The zero-order chi connectivity index (χ0) is 18.1. The van der Waals surface area contributed by atoms with Gasteiger partial charge >= 0.3 is 0 Å². The molecule has 0 aromatic carbocycles. The van der Waals surface area contributed by atoms with Gasteiger partial charge in [0.2, 0.25) is 5.56 Å². The SMILES string of the molecule is CCNC(=NCCCCn1ccccc1=O)N1CCSC(C(C)C)C1.I. The Morgan fingerprint density at radius 1 is 1.38 bits per heavy atom. The lowest BCUT2D eigenvalue weighted by atomic mass is 10.1. The van der Waals surface area contributed by atoms with Crippen LogP contribution in [0.3, 0.4) is 0 Å². The van der Waals surface area contributed by atoms with Gasteiger partial charge in [0, 0.05) is 56.0 Å². The summed E-state index contributed by atoms with van der Waals surface area (Å²) in [4.78, 5) is 18.9. The van der Waals surface area contributed by atoms with Crippen LogP contribution < -0.4 is 10.9 Å². The van der Waals surface area contributed by atoms with E-state index in [2.05, 4.69) is 42.7 Å². The van der Waals surface area contributed by atoms with Crippen LogP contribution in [-0.2, 0) is 6.54 Å². The third kappa shape index (κ3) is 7.50. The highest BCUT2D eigenvalue weighted by Crippen LogP contribution is 2.24. The van der Waals surface area contributed by atoms with Gasteiger partial charge < -0.3 is 14.8 Å². The summed E-state index contributed by atoms with van der Waals surface area (Å²) in [7, 11) is 0. The van der Waals surface area contributed by atoms with Crippen LogP contribution in [0.25, 0.3) is 0 Å². The summed E-state index contributed by atoms with van der Waals surface area (Å²) < 4.78 is 1.77. The maximum atomic E-state index is 11.7. The third-order valence-electron chi connectivity index (χ3n) is 4.44. The molecule has 2 rings (SSSR count). The maximum absolute atomic E-state index is 11.7. The number of nitrogens with one attached hydrogen (secondary N) is 1. The summed E-state index contributed by atoms with van der Waals surface area (Å²) in [6, 6.07) is 5.30. The predicted molar refractivity (Wildman–Crippen MR) is 124 cm³/mol. The molecule has 1 aromatic heterocycles. The fourth-order valence-corrected chi connectivity index (χ4v) is 4.22. The molecule has 0 spiro atoms. The van der Waals surface area contributed by atoms with E-state index in [0.717, 1.165) is 51.5 Å². The van der Waals surface area contributed by atoms with Crippen LogP contribution in [0, 0.1) is 5.92 Å². The highest BCUT2D eigenvalue weighted by Gasteiger charge is 2.24. The van der Waals surface area contributed by atoms with E-state index in [0.29, 0.717) is 11.2 Å². The number of rotatable bonds is 7. The van der Waals surface area contributed by atoms with Crippen molar-refractivity contribution in [2.75, 3.05) is 31.9 Å². The zero-order valence-electron chi connectivity index (χ0n) is 16.2. The third-order valence-corrected chi connectivity index (χ3v) is 5.98. The summed E-state index contributed by atoms with van der Waals surface area (Å²) in [5, 5.41) is 4.12. The second-order valence-electron chi connectivity index (χ2n) is 6.77. The molecule has 1 fully saturated rings. The molecule has 1 aliphatic heterocycles. The van der Waals surface area contributed by atoms with Crippen molar-refractivity contribution in [2.24, 2.45) is 10.9 Å². The highest BCUT2D eigenvalue weighted by atomic mass is 127. The van der Waals surface area contributed by atoms with Gasteiger partial charge in [-0.3, -0.25) is 9.79 Å². The number of hydrogen-bond acceptors (Lipinski definition) is 3. The van der Waals surface area contributed by atoms with Crippen molar-refractivity contribution < 1.29 is 0 Å². The Balaban J connectivity index is 0.00000338. The van der Waals surface area contributed by atoms with E-state index >= 15 is 0 Å². The summed E-state index contributed by atoms with van der Waals surface area (Å²) in [6.45, 7) is 11.3. The Kier molecular flexibility index (Phi) is 11.4. The molecule has 7 heteroatoms. The van der Waals surface area contributed by atoms with E-state index in [1.54, 1.807) is 16.7 Å². The van der Waals surface area contributed by atoms with Crippen LogP contribution in [-0.4, -0.2) is 52.6 Å². The van der Waals surface area contributed by atoms with Gasteiger partial charge in [0.15, 0.2) is 5.96 Å². The van der Waals surface area contributed by atoms with Crippen LogP contribution in [0.2, 0.25) is 0 Å². The minimum atomic E-state index is 0. The summed E-state index contributed by atoms with van der Waals surface area (Å²) in [5.41, 5.74) is 0.0740. The minimum absolute atomic E-state index is 0. The first-order chi connectivity index (χ1) is 12.1. The first-order valence-corrected chi connectivity index (χ1v) is 10.5. The number of aromatic nitrogens is 1. The lowest BCUT2D eigenvalue weighted by Crippen LogP contribution is -2.49. The summed E-state index contributed by atoms with van der Waals surface area (Å²) in [6.07, 6.45) is 3.82. The maximum Gasteiger partial charge on any atom is 0.250 e. The van der Waals surface area contributed by atoms with E-state index in [9.17, 15) is 4.79 Å². The number of guanidine groups is 1. The van der Waals surface area contributed by atoms with E-state index < -0.39 is 0 Å². The lowest BCUT2D eigenvalue weighted by Gasteiger charge is -2.36. The second-order valence-corrected chi connectivity index (χ2v) is 8.12. The number of aliphatic imine (C=N–C) groups is 1. The van der Waals surface area contributed by atoms with Gasteiger partial charge in [0.05, 0.1) is 0 Å². The molecule has 0 bridgehead atoms. The first kappa shape index (κ1) is 23.3. The van der Waals surface area contributed by atoms with Gasteiger partial charge in [-0.25, -0.2) is 0 Å². The Hall–Kier alpha value is -0.700. The first-order valence-electron chi connectivity index (χ1n) is 9.42. The van der Waals surface area contributed by atoms with E-state index in [4.69, 9.17) is 4.99 Å². The van der Waals surface area contributed by atoms with Crippen LogP contribution in [0.5, 0.6) is 0 Å². The molecule has 5 nitrogen and oxygen atoms in total. The normalized spacial score (nSPS) is 17.9. The average molecular weight is 492 g/mol. The molecule has 1 aliphatic rings. The lowest BCUT2D eigenvalue weighted by molar-refractivity contribution is 0.380. The van der Waals surface area contributed by atoms with Gasteiger partial charge in [0.25, 0.3) is 0 Å². The number of pyridine rings is 1. The molecule has 1 saturated heterocycles. The predicted octanol–water partition coefficient (Wildman–Crippen LogP) is 3.29. The Bertz CT molecular complexity index is 605. The molecule has 148 valence electrons. The Labute approximate surface area is 179 Å². The Morgan fingerprint density at radius 2 is 2.19 bits per heavy atom. The van der Waals surface area contributed by atoms with Gasteiger partial charge in [0.1, 0.15) is 0 Å². The van der Waals surface area contributed by atoms with Gasteiger partial charge in [-0.1, -0.05) is 19.9 Å². The molecule has 1 N–H and O–H groups in total. The van der Waals surface area contributed by atoms with Crippen molar-refractivity contribution in [3.8, 4) is 0 Å². The molecule has 1 unspecified atom stereocenters. The fraction of sp³-hybridized carbons (Fsp3) is 0.684. The molecule has 0 saturated carbocycles. The molecule has 2 heterocycles. The molecule has 1 aromatic rings. The Morgan fingerprint density at radius 3 is 2.88 bits per heavy atom. The molecular weight excluding hydrogens is 459 g/mol. The molecular formula is C19H33IN4OS. The van der Waals surface area contributed by atoms with Crippen LogP contribution >= 0.6 is 35.7 Å². The minimum Gasteiger partial charge on any atom is -0.357 e. The van der Waals surface area contributed by atoms with Crippen LogP contribution in [0.4, 0.5) is 0 Å². The summed E-state index contributed by atoms with van der Waals surface area (Å²) >= 11 is 2.08. The zero-order valence-corrected chi connectivity index (χ0v) is 19.3. The molecule has 26 heavy (non-hydrogen) atoms. The van der Waals surface area contributed by atoms with Crippen LogP contribution in [0.15, 0.2) is 34.2 Å². The standard InChI is InChI=1S/C19H32N4OS.HI/c1-4-20-19(23-13-14-25-17(15-23)16(2)3)21-10-6-8-12-22-11-7-5-9-18(22)24;/h5,7,9,11,16-17H,4,6,8,10,12-15H2,1-3H3,(H,20,21);1H. The van der Waals surface area contributed by atoms with Crippen molar-refractivity contribution in [3.05, 3.63) is 34.7 Å². The number of halogens is 1. The van der Waals surface area contributed by atoms with E-state index in [1.807, 2.05) is 12.3 Å². The van der Waals surface area contributed by atoms with Crippen molar-refractivity contribution in [1.82, 2.24) is 14.8 Å². The monoisotopic (exact) mass is 492 g/mol. The van der Waals surface area contributed by atoms with Crippen molar-refractivity contribution in [3.63, 3.8) is 0 Å². The molecule has 0 aliphatic carbocycles. The molecule has 0 radical (unpaired) electrons. The van der Waals surface area contributed by atoms with Gasteiger partial charge in [-0.05, 0) is 31.7 Å². The fourth-order valence-electron chi connectivity index (χ4n) is 2.92. The number of thioether (sulfide) groups is 1. The summed E-state index contributed by atoms with van der Waals surface area (Å²) in [5.74, 6) is 2.91. The van der Waals surface area contributed by atoms with E-state index in [1.165, 1.54) is 5.75 Å². The second kappa shape index (κ2) is 12.6. The van der Waals surface area contributed by atoms with Crippen LogP contribution in [0.1, 0.15) is 33.6 Å². The number of aryl methyl sites for hydroxylation is 1. The smallest absolute Gasteiger partial charge is 0.250 e.